The number of pyridine rings is 1. The first kappa shape index (κ1) is 33.2. The Morgan fingerprint density at radius 2 is 1.65 bits per heavy atom. The summed E-state index contributed by atoms with van der Waals surface area (Å²) in [6.45, 7) is 12.7. The average Bonchev–Trinajstić information content (AvgIpc) is 2.97. The van der Waals surface area contributed by atoms with Crippen LogP contribution < -0.4 is 10.6 Å². The molecule has 2 atom stereocenters. The van der Waals surface area contributed by atoms with Crippen LogP contribution in [0.5, 0.6) is 0 Å². The van der Waals surface area contributed by atoms with E-state index in [2.05, 4.69) is 4.98 Å². The number of amides is 1. The number of hydrogen-bond acceptors (Lipinski definition) is 8. The molecule has 1 fully saturated rings. The lowest BCUT2D eigenvalue weighted by molar-refractivity contribution is 0.114. The third kappa shape index (κ3) is 6.15. The van der Waals surface area contributed by atoms with Gasteiger partial charge in [0, 0.05) is 30.7 Å². The van der Waals surface area contributed by atoms with Crippen molar-refractivity contribution >= 4 is 34.5 Å². The number of halogens is 2. The summed E-state index contributed by atoms with van der Waals surface area (Å²) in [5, 5.41) is 10.4. The van der Waals surface area contributed by atoms with Crippen LogP contribution >= 0.6 is 11.6 Å². The Morgan fingerprint density at radius 1 is 1.02 bits per heavy atom. The molecular formula is C33H40ClFN8O3. The average molecular weight is 651 g/mol. The lowest BCUT2D eigenvalue weighted by atomic mass is 10.0. The number of rotatable bonds is 7. The van der Waals surface area contributed by atoms with Crippen molar-refractivity contribution in [3.05, 3.63) is 68.9 Å². The fourth-order valence-corrected chi connectivity index (χ4v) is 6.24. The number of carbonyl (C=O) groups is 1. The van der Waals surface area contributed by atoms with Crippen LogP contribution in [-0.2, 0) is 6.54 Å². The maximum Gasteiger partial charge on any atom is 0.407 e. The highest BCUT2D eigenvalue weighted by Gasteiger charge is 2.35. The van der Waals surface area contributed by atoms with Crippen molar-refractivity contribution in [2.45, 2.75) is 72.0 Å². The Hall–Kier alpha value is -4.16. The molecule has 1 aliphatic rings. The first-order valence-corrected chi connectivity index (χ1v) is 15.8. The van der Waals surface area contributed by atoms with E-state index in [9.17, 15) is 14.7 Å². The molecular weight excluding hydrogens is 611 g/mol. The molecule has 1 aliphatic heterocycles. The second-order valence-electron chi connectivity index (χ2n) is 12.8. The standard InChI is InChI=1S/C33H40ClFN8O3/c1-17(2)26-29(27(18(3)4)37-25(36-26)16-40(7)8)43-31-22(13-23(34)28(38-31)21-11-9-10-12-24(21)35)30(39-32(43)44)41-14-20(6)42(33(45)46)15-19(41)5/h9-13,17-20H,14-16H2,1-8H3,(H,45,46)/t19-,20+/m0/s1. The zero-order valence-corrected chi connectivity index (χ0v) is 28.2. The van der Waals surface area contributed by atoms with Crippen molar-refractivity contribution in [3.63, 3.8) is 0 Å². The Bertz CT molecular complexity index is 1830. The van der Waals surface area contributed by atoms with E-state index in [-0.39, 0.29) is 52.4 Å². The van der Waals surface area contributed by atoms with E-state index in [1.54, 1.807) is 24.3 Å². The number of carboxylic acid groups (broad SMARTS) is 1. The highest BCUT2D eigenvalue weighted by molar-refractivity contribution is 6.33. The summed E-state index contributed by atoms with van der Waals surface area (Å²) in [5.41, 5.74) is 1.81. The first-order chi connectivity index (χ1) is 21.7. The Balaban J connectivity index is 1.89. The zero-order valence-electron chi connectivity index (χ0n) is 27.4. The van der Waals surface area contributed by atoms with Crippen molar-refractivity contribution in [1.29, 1.82) is 0 Å². The van der Waals surface area contributed by atoms with Gasteiger partial charge < -0.3 is 19.8 Å². The quantitative estimate of drug-likeness (QED) is 0.260. The summed E-state index contributed by atoms with van der Waals surface area (Å²) in [4.78, 5) is 50.9. The normalized spacial score (nSPS) is 17.2. The van der Waals surface area contributed by atoms with E-state index in [0.29, 0.717) is 47.2 Å². The van der Waals surface area contributed by atoms with Crippen molar-refractivity contribution in [2.75, 3.05) is 32.1 Å². The van der Waals surface area contributed by atoms with Gasteiger partial charge in [0.05, 0.1) is 39.7 Å². The van der Waals surface area contributed by atoms with Gasteiger partial charge in [-0.1, -0.05) is 51.4 Å². The summed E-state index contributed by atoms with van der Waals surface area (Å²) < 4.78 is 16.6. The van der Waals surface area contributed by atoms with Crippen molar-refractivity contribution in [1.82, 2.24) is 34.3 Å². The second-order valence-corrected chi connectivity index (χ2v) is 13.2. The topological polar surface area (TPSA) is 121 Å². The van der Waals surface area contributed by atoms with Crippen LogP contribution in [0, 0.1) is 5.82 Å². The molecule has 244 valence electrons. The summed E-state index contributed by atoms with van der Waals surface area (Å²) in [5.74, 6) is 0.263. The second kappa shape index (κ2) is 12.9. The Labute approximate surface area is 272 Å². The van der Waals surface area contributed by atoms with Gasteiger partial charge in [-0.25, -0.2) is 33.5 Å². The molecule has 0 radical (unpaired) electrons. The van der Waals surface area contributed by atoms with Gasteiger partial charge in [-0.3, -0.25) is 0 Å². The van der Waals surface area contributed by atoms with E-state index < -0.39 is 17.6 Å². The van der Waals surface area contributed by atoms with Gasteiger partial charge in [0.2, 0.25) is 0 Å². The largest absolute Gasteiger partial charge is 0.465 e. The molecule has 0 unspecified atom stereocenters. The van der Waals surface area contributed by atoms with Crippen molar-refractivity contribution in [3.8, 4) is 16.9 Å². The number of piperazine rings is 1. The van der Waals surface area contributed by atoms with Gasteiger partial charge in [-0.15, -0.1) is 0 Å². The minimum Gasteiger partial charge on any atom is -0.465 e. The van der Waals surface area contributed by atoms with E-state index in [1.807, 2.05) is 65.4 Å². The maximum absolute atomic E-state index is 15.1. The summed E-state index contributed by atoms with van der Waals surface area (Å²) in [6, 6.07) is 7.19. The number of anilines is 1. The molecule has 0 saturated carbocycles. The van der Waals surface area contributed by atoms with Crippen LogP contribution in [0.25, 0.3) is 28.0 Å². The Morgan fingerprint density at radius 3 is 2.22 bits per heavy atom. The molecule has 1 N–H and O–H groups in total. The van der Waals surface area contributed by atoms with Crippen molar-refractivity contribution in [2.24, 2.45) is 0 Å². The third-order valence-electron chi connectivity index (χ3n) is 8.19. The van der Waals surface area contributed by atoms with E-state index >= 15 is 4.39 Å². The molecule has 5 rings (SSSR count). The van der Waals surface area contributed by atoms with Crippen LogP contribution in [0.15, 0.2) is 35.1 Å². The highest BCUT2D eigenvalue weighted by atomic mass is 35.5. The van der Waals surface area contributed by atoms with Crippen LogP contribution in [0.2, 0.25) is 5.02 Å². The van der Waals surface area contributed by atoms with Gasteiger partial charge in [-0.05, 0) is 58.0 Å². The number of benzene rings is 1. The molecule has 1 saturated heterocycles. The van der Waals surface area contributed by atoms with Gasteiger partial charge in [0.25, 0.3) is 0 Å². The maximum atomic E-state index is 15.1. The van der Waals surface area contributed by atoms with E-state index in [0.717, 1.165) is 0 Å². The number of hydrogen-bond donors (Lipinski definition) is 1. The lowest BCUT2D eigenvalue weighted by Gasteiger charge is -2.43. The van der Waals surface area contributed by atoms with Crippen molar-refractivity contribution < 1.29 is 14.3 Å². The molecule has 1 amide bonds. The minimum atomic E-state index is -1.01. The van der Waals surface area contributed by atoms with Gasteiger partial charge in [0.15, 0.2) is 5.65 Å². The van der Waals surface area contributed by atoms with Crippen LogP contribution in [-0.4, -0.2) is 84.8 Å². The highest BCUT2D eigenvalue weighted by Crippen LogP contribution is 2.37. The first-order valence-electron chi connectivity index (χ1n) is 15.4. The molecule has 4 heterocycles. The fraction of sp³-hybridized carbons (Fsp3) is 0.455. The smallest absolute Gasteiger partial charge is 0.407 e. The molecule has 4 aromatic rings. The molecule has 0 aliphatic carbocycles. The zero-order chi connectivity index (χ0) is 33.6. The molecule has 11 nitrogen and oxygen atoms in total. The fourth-order valence-electron chi connectivity index (χ4n) is 5.98. The van der Waals surface area contributed by atoms with Gasteiger partial charge in [0.1, 0.15) is 17.5 Å². The minimum absolute atomic E-state index is 0.0960. The number of aromatic nitrogens is 5. The molecule has 1 aromatic carbocycles. The summed E-state index contributed by atoms with van der Waals surface area (Å²) in [7, 11) is 3.89. The lowest BCUT2D eigenvalue weighted by Crippen LogP contribution is -2.58. The molecule has 3 aromatic heterocycles. The van der Waals surface area contributed by atoms with Crippen LogP contribution in [0.3, 0.4) is 0 Å². The summed E-state index contributed by atoms with van der Waals surface area (Å²) in [6.07, 6.45) is -1.01. The number of nitrogens with zero attached hydrogens (tertiary/aromatic N) is 8. The van der Waals surface area contributed by atoms with E-state index in [4.69, 9.17) is 26.6 Å². The Kier molecular flexibility index (Phi) is 9.33. The SMILES string of the molecule is CC(C)c1nc(CN(C)C)nc(C(C)C)c1-n1c(=O)nc(N2C[C@@H](C)N(C(=O)O)C[C@@H]2C)c2cc(Cl)c(-c3ccccc3F)nc21. The number of fused-ring (bicyclic) bond motifs is 1. The molecule has 46 heavy (non-hydrogen) atoms. The molecule has 0 spiro atoms. The van der Waals surface area contributed by atoms with Gasteiger partial charge >= 0.3 is 11.8 Å². The molecule has 0 bridgehead atoms. The summed E-state index contributed by atoms with van der Waals surface area (Å²) >= 11 is 6.84. The monoisotopic (exact) mass is 650 g/mol. The van der Waals surface area contributed by atoms with Gasteiger partial charge in [-0.2, -0.15) is 4.98 Å². The van der Waals surface area contributed by atoms with Crippen LogP contribution in [0.4, 0.5) is 15.0 Å². The van der Waals surface area contributed by atoms with E-state index in [1.165, 1.54) is 15.5 Å². The van der Waals surface area contributed by atoms with Crippen LogP contribution in [0.1, 0.15) is 70.6 Å². The third-order valence-corrected chi connectivity index (χ3v) is 8.48. The predicted octanol–water partition coefficient (Wildman–Crippen LogP) is 5.92. The predicted molar refractivity (Wildman–Crippen MR) is 178 cm³/mol. The molecule has 13 heteroatoms.